The van der Waals surface area contributed by atoms with Crippen LogP contribution in [0.2, 0.25) is 0 Å². The van der Waals surface area contributed by atoms with E-state index in [4.69, 9.17) is 16.0 Å². The lowest BCUT2D eigenvalue weighted by Crippen LogP contribution is -2.23. The molecule has 0 unspecified atom stereocenters. The minimum atomic E-state index is -0.500. The minimum absolute atomic E-state index is 0.500. The number of nitriles is 1. The number of hydrogen-bond acceptors (Lipinski definition) is 4. The van der Waals surface area contributed by atoms with E-state index in [0.29, 0.717) is 5.56 Å². The number of nitrogens with two attached hydrogens (primary N) is 1. The van der Waals surface area contributed by atoms with Gasteiger partial charge in [0.05, 0.1) is 5.56 Å². The van der Waals surface area contributed by atoms with Gasteiger partial charge in [-0.05, 0) is 19.9 Å². The number of rotatable bonds is 2. The molecule has 0 aliphatic heterocycles. The molecule has 0 aliphatic rings. The highest BCUT2D eigenvalue weighted by molar-refractivity contribution is 7.10. The van der Waals surface area contributed by atoms with E-state index in [2.05, 4.69) is 6.07 Å². The third kappa shape index (κ3) is 1.64. The third-order valence-electron chi connectivity index (χ3n) is 1.62. The predicted octanol–water partition coefficient (Wildman–Crippen LogP) is 1.75. The first-order valence-corrected chi connectivity index (χ1v) is 4.35. The molecular formula is C8H10N2OS. The molecule has 1 heterocycles. The molecule has 0 aliphatic carbocycles. The number of thiophene rings is 1. The molecule has 2 N–H and O–H groups in total. The highest BCUT2D eigenvalue weighted by Crippen LogP contribution is 2.28. The third-order valence-corrected chi connectivity index (χ3v) is 2.85. The molecule has 1 aromatic heterocycles. The second-order valence-corrected chi connectivity index (χ2v) is 3.85. The summed E-state index contributed by atoms with van der Waals surface area (Å²) in [5, 5.41) is 10.4. The summed E-state index contributed by atoms with van der Waals surface area (Å²) in [7, 11) is 0. The Hall–Kier alpha value is -0.890. The van der Waals surface area contributed by atoms with Gasteiger partial charge in [0.1, 0.15) is 11.7 Å². The van der Waals surface area contributed by atoms with Crippen LogP contribution >= 0.6 is 11.3 Å². The molecule has 0 aromatic carbocycles. The molecule has 0 bridgehead atoms. The Morgan fingerprint density at radius 3 is 2.75 bits per heavy atom. The second-order valence-electron chi connectivity index (χ2n) is 2.94. The van der Waals surface area contributed by atoms with Gasteiger partial charge < -0.3 is 0 Å². The first kappa shape index (κ1) is 9.20. The normalized spacial score (nSPS) is 11.2. The molecule has 1 aromatic rings. The largest absolute Gasteiger partial charge is 0.293 e. The second kappa shape index (κ2) is 3.23. The van der Waals surface area contributed by atoms with Gasteiger partial charge in [-0.15, -0.1) is 11.3 Å². The molecule has 12 heavy (non-hydrogen) atoms. The molecule has 3 nitrogen and oxygen atoms in total. The van der Waals surface area contributed by atoms with Gasteiger partial charge in [-0.2, -0.15) is 5.26 Å². The van der Waals surface area contributed by atoms with Crippen molar-refractivity contribution in [2.75, 3.05) is 0 Å². The van der Waals surface area contributed by atoms with Crippen molar-refractivity contribution in [2.45, 2.75) is 19.4 Å². The fourth-order valence-corrected chi connectivity index (χ4v) is 1.67. The topological polar surface area (TPSA) is 59.0 Å². The quantitative estimate of drug-likeness (QED) is 0.709. The molecular weight excluding hydrogens is 172 g/mol. The monoisotopic (exact) mass is 182 g/mol. The fourth-order valence-electron chi connectivity index (χ4n) is 0.769. The van der Waals surface area contributed by atoms with Crippen molar-refractivity contribution < 1.29 is 4.84 Å². The molecule has 0 amide bonds. The van der Waals surface area contributed by atoms with Crippen LogP contribution in [0.4, 0.5) is 0 Å². The molecule has 0 atom stereocenters. The molecule has 0 spiro atoms. The summed E-state index contributed by atoms with van der Waals surface area (Å²) in [6.07, 6.45) is 0. The summed E-state index contributed by atoms with van der Waals surface area (Å²) in [4.78, 5) is 5.74. The maximum atomic E-state index is 8.57. The summed E-state index contributed by atoms with van der Waals surface area (Å²) >= 11 is 1.48. The lowest BCUT2D eigenvalue weighted by atomic mass is 10.1. The van der Waals surface area contributed by atoms with E-state index < -0.39 is 5.60 Å². The average molecular weight is 182 g/mol. The van der Waals surface area contributed by atoms with Crippen molar-refractivity contribution in [2.24, 2.45) is 5.90 Å². The Balaban J connectivity index is 2.98. The Bertz CT molecular complexity index is 311. The van der Waals surface area contributed by atoms with Crippen molar-refractivity contribution in [1.82, 2.24) is 0 Å². The zero-order valence-electron chi connectivity index (χ0n) is 7.00. The zero-order chi connectivity index (χ0) is 9.19. The Morgan fingerprint density at radius 1 is 1.67 bits per heavy atom. The van der Waals surface area contributed by atoms with Crippen LogP contribution in [0, 0.1) is 11.3 Å². The molecule has 0 saturated heterocycles. The van der Waals surface area contributed by atoms with Crippen LogP contribution in [0.3, 0.4) is 0 Å². The van der Waals surface area contributed by atoms with Crippen molar-refractivity contribution in [3.8, 4) is 6.07 Å². The number of hydrogen-bond donors (Lipinski definition) is 1. The van der Waals surface area contributed by atoms with E-state index in [1.54, 1.807) is 11.4 Å². The van der Waals surface area contributed by atoms with Crippen molar-refractivity contribution in [1.29, 1.82) is 5.26 Å². The Morgan fingerprint density at radius 2 is 2.33 bits per heavy atom. The van der Waals surface area contributed by atoms with E-state index in [9.17, 15) is 0 Å². The Labute approximate surface area is 75.3 Å². The van der Waals surface area contributed by atoms with Gasteiger partial charge in [-0.1, -0.05) is 0 Å². The Kier molecular flexibility index (Phi) is 2.48. The van der Waals surface area contributed by atoms with Gasteiger partial charge >= 0.3 is 0 Å². The molecule has 4 heteroatoms. The van der Waals surface area contributed by atoms with Crippen LogP contribution in [-0.2, 0) is 10.4 Å². The van der Waals surface area contributed by atoms with E-state index in [1.165, 1.54) is 11.3 Å². The van der Waals surface area contributed by atoms with E-state index >= 15 is 0 Å². The number of nitrogens with zero attached hydrogens (tertiary/aromatic N) is 1. The summed E-state index contributed by atoms with van der Waals surface area (Å²) in [5.41, 5.74) is 0.153. The summed E-state index contributed by atoms with van der Waals surface area (Å²) in [6.45, 7) is 3.72. The van der Waals surface area contributed by atoms with Crippen LogP contribution in [0.15, 0.2) is 11.4 Å². The summed E-state index contributed by atoms with van der Waals surface area (Å²) < 4.78 is 0. The SMILES string of the molecule is CC(C)(ON)c1cc(C#N)cs1. The van der Waals surface area contributed by atoms with Crippen LogP contribution in [-0.4, -0.2) is 0 Å². The fraction of sp³-hybridized carbons (Fsp3) is 0.375. The molecule has 0 radical (unpaired) electrons. The van der Waals surface area contributed by atoms with Gasteiger partial charge in [0.25, 0.3) is 0 Å². The lowest BCUT2D eigenvalue weighted by Gasteiger charge is -2.19. The lowest BCUT2D eigenvalue weighted by molar-refractivity contribution is -0.0208. The van der Waals surface area contributed by atoms with Gasteiger partial charge in [-0.3, -0.25) is 4.84 Å². The maximum absolute atomic E-state index is 8.57. The molecule has 64 valence electrons. The standard InChI is InChI=1S/C8H10N2OS/c1-8(2,11-10)7-3-6(4-9)5-12-7/h3,5H,10H2,1-2H3. The zero-order valence-corrected chi connectivity index (χ0v) is 7.81. The summed E-state index contributed by atoms with van der Waals surface area (Å²) in [6, 6.07) is 3.85. The maximum Gasteiger partial charge on any atom is 0.118 e. The van der Waals surface area contributed by atoms with Crippen molar-refractivity contribution in [3.63, 3.8) is 0 Å². The highest BCUT2D eigenvalue weighted by Gasteiger charge is 2.22. The molecule has 0 saturated carbocycles. The van der Waals surface area contributed by atoms with Gasteiger partial charge in [0.2, 0.25) is 0 Å². The summed E-state index contributed by atoms with van der Waals surface area (Å²) in [5.74, 6) is 5.11. The van der Waals surface area contributed by atoms with Crippen LogP contribution in [0.25, 0.3) is 0 Å². The smallest absolute Gasteiger partial charge is 0.118 e. The average Bonchev–Trinajstić information content (AvgIpc) is 2.52. The van der Waals surface area contributed by atoms with Crippen molar-refractivity contribution >= 4 is 11.3 Å². The van der Waals surface area contributed by atoms with Crippen molar-refractivity contribution in [3.05, 3.63) is 21.9 Å². The van der Waals surface area contributed by atoms with Crippen LogP contribution < -0.4 is 5.90 Å². The van der Waals surface area contributed by atoms with Gasteiger partial charge in [0, 0.05) is 10.3 Å². The molecule has 0 fully saturated rings. The highest BCUT2D eigenvalue weighted by atomic mass is 32.1. The van der Waals surface area contributed by atoms with E-state index in [0.717, 1.165) is 4.88 Å². The predicted molar refractivity (Wildman–Crippen MR) is 47.3 cm³/mol. The van der Waals surface area contributed by atoms with E-state index in [1.807, 2.05) is 13.8 Å². The van der Waals surface area contributed by atoms with E-state index in [-0.39, 0.29) is 0 Å². The van der Waals surface area contributed by atoms with Gasteiger partial charge in [-0.25, -0.2) is 5.90 Å². The van der Waals surface area contributed by atoms with Gasteiger partial charge in [0.15, 0.2) is 0 Å². The first-order valence-electron chi connectivity index (χ1n) is 3.47. The minimum Gasteiger partial charge on any atom is -0.293 e. The molecule has 1 rings (SSSR count). The van der Waals surface area contributed by atoms with Crippen LogP contribution in [0.5, 0.6) is 0 Å². The first-order chi connectivity index (χ1) is 5.60. The van der Waals surface area contributed by atoms with Crippen LogP contribution in [0.1, 0.15) is 24.3 Å².